The van der Waals surface area contributed by atoms with Crippen molar-refractivity contribution in [1.29, 1.82) is 0 Å². The molecular formula is C24H29N3O4. The van der Waals surface area contributed by atoms with Gasteiger partial charge in [-0.1, -0.05) is 55.8 Å². The highest BCUT2D eigenvalue weighted by Gasteiger charge is 2.36. The average molecular weight is 424 g/mol. The van der Waals surface area contributed by atoms with Crippen LogP contribution in [0.3, 0.4) is 0 Å². The van der Waals surface area contributed by atoms with Crippen molar-refractivity contribution in [3.05, 3.63) is 71.3 Å². The number of methoxy groups -OCH3 is 2. The standard InChI is InChI=1S/C24H29N3O4/c1-5-15-24(30-3,31-4)23-25-21(27(6-2)26-23)16-17-11-13-18(14-12-17)19-9-7-8-10-20(19)22(28)29/h7-14H,5-6,15-16H2,1-4H3,(H,28,29). The summed E-state index contributed by atoms with van der Waals surface area (Å²) in [5.74, 6) is -0.530. The van der Waals surface area contributed by atoms with Crippen LogP contribution in [0.2, 0.25) is 0 Å². The van der Waals surface area contributed by atoms with Crippen LogP contribution in [0.1, 0.15) is 54.3 Å². The van der Waals surface area contributed by atoms with Crippen molar-refractivity contribution >= 4 is 5.97 Å². The van der Waals surface area contributed by atoms with Crippen LogP contribution in [0.25, 0.3) is 11.1 Å². The molecule has 1 aromatic heterocycles. The van der Waals surface area contributed by atoms with Crippen LogP contribution in [-0.2, 0) is 28.2 Å². The molecule has 3 rings (SSSR count). The molecule has 0 radical (unpaired) electrons. The molecule has 0 saturated carbocycles. The molecule has 2 aromatic carbocycles. The molecule has 0 atom stereocenters. The van der Waals surface area contributed by atoms with E-state index in [9.17, 15) is 9.90 Å². The molecule has 0 amide bonds. The Bertz CT molecular complexity index is 1020. The molecule has 164 valence electrons. The maximum atomic E-state index is 11.5. The van der Waals surface area contributed by atoms with E-state index in [0.717, 1.165) is 23.4 Å². The fraction of sp³-hybridized carbons (Fsp3) is 0.375. The van der Waals surface area contributed by atoms with Gasteiger partial charge in [0.1, 0.15) is 5.82 Å². The quantitative estimate of drug-likeness (QED) is 0.483. The molecule has 0 aliphatic heterocycles. The van der Waals surface area contributed by atoms with Gasteiger partial charge in [-0.15, -0.1) is 0 Å². The van der Waals surface area contributed by atoms with Crippen molar-refractivity contribution < 1.29 is 19.4 Å². The lowest BCUT2D eigenvalue weighted by molar-refractivity contribution is -0.225. The Morgan fingerprint density at radius 1 is 1.06 bits per heavy atom. The van der Waals surface area contributed by atoms with Gasteiger partial charge in [-0.3, -0.25) is 0 Å². The summed E-state index contributed by atoms with van der Waals surface area (Å²) in [7, 11) is 3.22. The van der Waals surface area contributed by atoms with Crippen molar-refractivity contribution in [2.75, 3.05) is 14.2 Å². The molecule has 31 heavy (non-hydrogen) atoms. The third-order valence-corrected chi connectivity index (χ3v) is 5.41. The smallest absolute Gasteiger partial charge is 0.336 e. The largest absolute Gasteiger partial charge is 0.478 e. The lowest BCUT2D eigenvalue weighted by atomic mass is 9.98. The topological polar surface area (TPSA) is 86.5 Å². The zero-order chi connectivity index (χ0) is 22.4. The molecule has 0 unspecified atom stereocenters. The lowest BCUT2D eigenvalue weighted by Gasteiger charge is -2.27. The zero-order valence-electron chi connectivity index (χ0n) is 18.5. The number of hydrogen-bond donors (Lipinski definition) is 1. The molecule has 1 heterocycles. The first-order chi connectivity index (χ1) is 15.0. The Morgan fingerprint density at radius 3 is 2.32 bits per heavy atom. The summed E-state index contributed by atoms with van der Waals surface area (Å²) in [5.41, 5.74) is 2.91. The van der Waals surface area contributed by atoms with E-state index in [2.05, 4.69) is 12.0 Å². The predicted molar refractivity (Wildman–Crippen MR) is 118 cm³/mol. The first kappa shape index (κ1) is 22.7. The molecule has 0 spiro atoms. The van der Waals surface area contributed by atoms with Crippen LogP contribution >= 0.6 is 0 Å². The van der Waals surface area contributed by atoms with E-state index in [0.29, 0.717) is 30.8 Å². The van der Waals surface area contributed by atoms with Crippen molar-refractivity contribution in [1.82, 2.24) is 14.8 Å². The molecule has 0 bridgehead atoms. The van der Waals surface area contributed by atoms with E-state index in [1.54, 1.807) is 26.4 Å². The van der Waals surface area contributed by atoms with Gasteiger partial charge in [0.05, 0.1) is 5.56 Å². The Morgan fingerprint density at radius 2 is 1.74 bits per heavy atom. The number of aryl methyl sites for hydroxylation is 1. The van der Waals surface area contributed by atoms with Crippen LogP contribution in [0.4, 0.5) is 0 Å². The second-order valence-electron chi connectivity index (χ2n) is 7.30. The van der Waals surface area contributed by atoms with Crippen LogP contribution in [0.15, 0.2) is 48.5 Å². The molecule has 0 aliphatic carbocycles. The highest BCUT2D eigenvalue weighted by Crippen LogP contribution is 2.30. The van der Waals surface area contributed by atoms with Gasteiger partial charge >= 0.3 is 5.97 Å². The summed E-state index contributed by atoms with van der Waals surface area (Å²) in [6.45, 7) is 4.77. The minimum atomic E-state index is -0.950. The van der Waals surface area contributed by atoms with Crippen LogP contribution in [0.5, 0.6) is 0 Å². The highest BCUT2D eigenvalue weighted by atomic mass is 16.7. The monoisotopic (exact) mass is 423 g/mol. The molecule has 0 saturated heterocycles. The summed E-state index contributed by atoms with van der Waals surface area (Å²) in [5, 5.41) is 14.1. The maximum absolute atomic E-state index is 11.5. The van der Waals surface area contributed by atoms with Gasteiger partial charge in [0, 0.05) is 33.6 Å². The van der Waals surface area contributed by atoms with Gasteiger partial charge in [-0.2, -0.15) is 5.10 Å². The fourth-order valence-electron chi connectivity index (χ4n) is 3.74. The second kappa shape index (κ2) is 9.85. The first-order valence-electron chi connectivity index (χ1n) is 10.4. The number of carbonyl (C=O) groups is 1. The number of ether oxygens (including phenoxy) is 2. The third-order valence-electron chi connectivity index (χ3n) is 5.41. The Balaban J connectivity index is 1.88. The fourth-order valence-corrected chi connectivity index (χ4v) is 3.74. The number of nitrogens with zero attached hydrogens (tertiary/aromatic N) is 3. The van der Waals surface area contributed by atoms with E-state index in [1.807, 2.05) is 48.0 Å². The van der Waals surface area contributed by atoms with E-state index >= 15 is 0 Å². The SMILES string of the molecule is CCCC(OC)(OC)c1nc(Cc2ccc(-c3ccccc3C(=O)O)cc2)n(CC)n1. The Hall–Kier alpha value is -3.03. The van der Waals surface area contributed by atoms with E-state index in [4.69, 9.17) is 14.5 Å². The Labute approximate surface area is 182 Å². The third kappa shape index (κ3) is 4.68. The van der Waals surface area contributed by atoms with Gasteiger partial charge in [0.15, 0.2) is 0 Å². The summed E-state index contributed by atoms with van der Waals surface area (Å²) in [6.07, 6.45) is 2.12. The molecular weight excluding hydrogens is 394 g/mol. The summed E-state index contributed by atoms with van der Waals surface area (Å²) in [4.78, 5) is 16.3. The summed E-state index contributed by atoms with van der Waals surface area (Å²) < 4.78 is 13.2. The number of aromatic nitrogens is 3. The minimum Gasteiger partial charge on any atom is -0.478 e. The number of aromatic carboxylic acids is 1. The number of carboxylic acid groups (broad SMARTS) is 1. The van der Waals surface area contributed by atoms with Crippen molar-refractivity contribution in [2.24, 2.45) is 0 Å². The van der Waals surface area contributed by atoms with E-state index < -0.39 is 11.8 Å². The van der Waals surface area contributed by atoms with Gasteiger partial charge < -0.3 is 14.6 Å². The van der Waals surface area contributed by atoms with E-state index in [1.165, 1.54) is 0 Å². The summed E-state index contributed by atoms with van der Waals surface area (Å²) >= 11 is 0. The average Bonchev–Trinajstić information content (AvgIpc) is 3.21. The number of carboxylic acids is 1. The zero-order valence-corrected chi connectivity index (χ0v) is 18.5. The Kier molecular flexibility index (Phi) is 7.20. The maximum Gasteiger partial charge on any atom is 0.336 e. The number of rotatable bonds is 10. The number of benzene rings is 2. The first-order valence-corrected chi connectivity index (χ1v) is 10.4. The normalized spacial score (nSPS) is 11.6. The molecule has 7 heteroatoms. The van der Waals surface area contributed by atoms with Crippen molar-refractivity contribution in [3.63, 3.8) is 0 Å². The number of hydrogen-bond acceptors (Lipinski definition) is 5. The lowest BCUT2D eigenvalue weighted by Crippen LogP contribution is -2.32. The van der Waals surface area contributed by atoms with Crippen molar-refractivity contribution in [3.8, 4) is 11.1 Å². The molecule has 3 aromatic rings. The van der Waals surface area contributed by atoms with Crippen molar-refractivity contribution in [2.45, 2.75) is 45.4 Å². The predicted octanol–water partition coefficient (Wildman–Crippen LogP) is 4.50. The molecule has 0 aliphatic rings. The molecule has 1 N–H and O–H groups in total. The van der Waals surface area contributed by atoms with Crippen LogP contribution in [-0.4, -0.2) is 40.1 Å². The van der Waals surface area contributed by atoms with Crippen LogP contribution < -0.4 is 0 Å². The second-order valence-corrected chi connectivity index (χ2v) is 7.30. The van der Waals surface area contributed by atoms with Gasteiger partial charge in [0.2, 0.25) is 11.6 Å². The minimum absolute atomic E-state index is 0.289. The molecule has 7 nitrogen and oxygen atoms in total. The van der Waals surface area contributed by atoms with E-state index in [-0.39, 0.29) is 5.56 Å². The highest BCUT2D eigenvalue weighted by molar-refractivity contribution is 5.95. The summed E-state index contributed by atoms with van der Waals surface area (Å²) in [6, 6.07) is 14.9. The van der Waals surface area contributed by atoms with Gasteiger partial charge in [-0.05, 0) is 29.7 Å². The van der Waals surface area contributed by atoms with Gasteiger partial charge in [0.25, 0.3) is 0 Å². The molecule has 0 fully saturated rings. The van der Waals surface area contributed by atoms with Gasteiger partial charge in [-0.25, -0.2) is 14.5 Å². The van der Waals surface area contributed by atoms with Crippen LogP contribution in [0, 0.1) is 0 Å².